The number of carbonyl (C=O) groups excluding carboxylic acids is 2. The molecule has 0 bridgehead atoms. The van der Waals surface area contributed by atoms with Crippen molar-refractivity contribution in [3.05, 3.63) is 134 Å². The quantitative estimate of drug-likeness (QED) is 0.0155. The predicted molar refractivity (Wildman–Crippen MR) is 262 cm³/mol. The van der Waals surface area contributed by atoms with Gasteiger partial charge in [-0.1, -0.05) is 154 Å². The number of esters is 2. The Morgan fingerprint density at radius 1 is 0.571 bits per heavy atom. The van der Waals surface area contributed by atoms with E-state index in [-0.39, 0.29) is 32.5 Å². The monoisotopic (exact) mass is 897 g/mol. The summed E-state index contributed by atoms with van der Waals surface area (Å²) in [5, 5.41) is 10.4. The molecule has 10 nitrogen and oxygen atoms in total. The van der Waals surface area contributed by atoms with Crippen molar-refractivity contribution in [1.29, 1.82) is 0 Å². The van der Waals surface area contributed by atoms with Crippen LogP contribution in [0.3, 0.4) is 0 Å². The molecule has 0 aliphatic rings. The Morgan fingerprint density at radius 2 is 1.05 bits per heavy atom. The van der Waals surface area contributed by atoms with Crippen LogP contribution < -0.4 is 0 Å². The van der Waals surface area contributed by atoms with Crippen molar-refractivity contribution in [3.63, 3.8) is 0 Å². The molecule has 0 aromatic heterocycles. The fourth-order valence-electron chi connectivity index (χ4n) is 5.21. The van der Waals surface area contributed by atoms with E-state index in [1.807, 2.05) is 33.3 Å². The number of allylic oxidation sites excluding steroid dienone is 21. The second kappa shape index (κ2) is 42.1. The molecule has 0 saturated heterocycles. The molecule has 2 unspecified atom stereocenters. The fourth-order valence-corrected chi connectivity index (χ4v) is 5.95. The molecule has 3 atom stereocenters. The molecular formula is C52H83NO9P+. The van der Waals surface area contributed by atoms with Gasteiger partial charge in [-0.05, 0) is 89.9 Å². The zero-order valence-electron chi connectivity index (χ0n) is 39.4. The number of rotatable bonds is 39. The number of nitrogens with zero attached hydrogens (tertiary/aromatic N) is 1. The number of quaternary nitrogens is 1. The molecule has 11 heteroatoms. The molecule has 0 fully saturated rings. The molecule has 0 saturated carbocycles. The second-order valence-corrected chi connectivity index (χ2v) is 17.3. The van der Waals surface area contributed by atoms with Crippen molar-refractivity contribution in [2.45, 2.75) is 135 Å². The maximum Gasteiger partial charge on any atom is 0.472 e. The van der Waals surface area contributed by atoms with Crippen LogP contribution in [0.1, 0.15) is 123 Å². The standard InChI is InChI=1S/C52H82NO9P/c1-6-8-10-12-14-16-18-20-22-24-25-26-28-30-32-34-36-38-40-42-51(55)59-47-50(48-61-63(57,58)60-46-45-53(3,4)5)62-52(56)44-43-49(54)41-39-37-35-33-31-29-27-23-21-19-17-15-13-11-9-7-2/h8-11,14-17,20-23,25-26,29-32,35,37,39,41,49-50,54H,6-7,12-13,18-19,24,27-28,33-34,36,38,40,42-48H2,1-5H3/p+1/b10-8-,11-9-,16-14-,17-15-,22-20-,23-21-,26-25-,31-29-,32-30-,37-35-,41-39-/t49?,50-/m1/s1. The lowest BCUT2D eigenvalue weighted by Gasteiger charge is -2.24. The summed E-state index contributed by atoms with van der Waals surface area (Å²) in [6.45, 7) is 3.84. The highest BCUT2D eigenvalue weighted by atomic mass is 31.2. The van der Waals surface area contributed by atoms with Gasteiger partial charge in [0.15, 0.2) is 6.10 Å². The summed E-state index contributed by atoms with van der Waals surface area (Å²) in [5.74, 6) is -1.14. The van der Waals surface area contributed by atoms with Gasteiger partial charge in [-0.2, -0.15) is 0 Å². The minimum absolute atomic E-state index is 0.0250. The van der Waals surface area contributed by atoms with E-state index in [1.165, 1.54) is 0 Å². The van der Waals surface area contributed by atoms with Crippen LogP contribution in [0.4, 0.5) is 0 Å². The summed E-state index contributed by atoms with van der Waals surface area (Å²) in [5.41, 5.74) is 0. The van der Waals surface area contributed by atoms with Crippen LogP contribution in [0.25, 0.3) is 0 Å². The van der Waals surface area contributed by atoms with E-state index in [1.54, 1.807) is 12.2 Å². The van der Waals surface area contributed by atoms with E-state index < -0.39 is 38.6 Å². The first kappa shape index (κ1) is 59.1. The summed E-state index contributed by atoms with van der Waals surface area (Å²) < 4.78 is 34.1. The first-order valence-electron chi connectivity index (χ1n) is 23.0. The van der Waals surface area contributed by atoms with Gasteiger partial charge in [0.1, 0.15) is 19.8 Å². The van der Waals surface area contributed by atoms with Crippen molar-refractivity contribution >= 4 is 19.8 Å². The maximum absolute atomic E-state index is 12.7. The van der Waals surface area contributed by atoms with Gasteiger partial charge < -0.3 is 24.0 Å². The van der Waals surface area contributed by atoms with Crippen molar-refractivity contribution in [2.24, 2.45) is 0 Å². The van der Waals surface area contributed by atoms with Crippen LogP contribution in [0.5, 0.6) is 0 Å². The van der Waals surface area contributed by atoms with Crippen molar-refractivity contribution in [2.75, 3.05) is 47.5 Å². The van der Waals surface area contributed by atoms with Crippen molar-refractivity contribution < 1.29 is 47.2 Å². The van der Waals surface area contributed by atoms with E-state index in [0.717, 1.165) is 83.5 Å². The Hall–Kier alpha value is -3.89. The van der Waals surface area contributed by atoms with Crippen LogP contribution >= 0.6 is 7.82 Å². The summed E-state index contributed by atoms with van der Waals surface area (Å²) in [4.78, 5) is 35.5. The summed E-state index contributed by atoms with van der Waals surface area (Å²) in [7, 11) is 1.29. The predicted octanol–water partition coefficient (Wildman–Crippen LogP) is 12.4. The Morgan fingerprint density at radius 3 is 1.54 bits per heavy atom. The molecule has 0 heterocycles. The van der Waals surface area contributed by atoms with E-state index in [9.17, 15) is 24.2 Å². The molecular weight excluding hydrogens is 814 g/mol. The summed E-state index contributed by atoms with van der Waals surface area (Å²) in [6.07, 6.45) is 56.9. The summed E-state index contributed by atoms with van der Waals surface area (Å²) in [6, 6.07) is 0. The number of likely N-dealkylation sites (N-methyl/N-ethyl adjacent to an activating group) is 1. The van der Waals surface area contributed by atoms with E-state index >= 15 is 0 Å². The van der Waals surface area contributed by atoms with E-state index in [4.69, 9.17) is 18.5 Å². The SMILES string of the molecule is CC/C=C\C/C=C\C/C=C\C/C=C\C/C=C\C=C/C(O)CCC(=O)O[C@H](COC(=O)CCCCC/C=C\C/C=C\C/C=C\C/C=C\C/C=C\CC)COP(=O)(O)OCC[N+](C)(C)C. The lowest BCUT2D eigenvalue weighted by Crippen LogP contribution is -2.37. The number of aliphatic hydroxyl groups excluding tert-OH is 1. The molecule has 0 rings (SSSR count). The van der Waals surface area contributed by atoms with Gasteiger partial charge in [0.2, 0.25) is 0 Å². The van der Waals surface area contributed by atoms with Gasteiger partial charge in [0.25, 0.3) is 0 Å². The number of hydrogen-bond acceptors (Lipinski definition) is 8. The minimum atomic E-state index is -4.46. The Labute approximate surface area is 382 Å². The number of ether oxygens (including phenoxy) is 2. The van der Waals surface area contributed by atoms with E-state index in [0.29, 0.717) is 17.4 Å². The first-order valence-corrected chi connectivity index (χ1v) is 24.5. The Bertz CT molecular complexity index is 1540. The van der Waals surface area contributed by atoms with Gasteiger partial charge >= 0.3 is 19.8 Å². The molecule has 0 aliphatic carbocycles. The van der Waals surface area contributed by atoms with Crippen LogP contribution in [-0.2, 0) is 32.7 Å². The lowest BCUT2D eigenvalue weighted by molar-refractivity contribution is -0.870. The van der Waals surface area contributed by atoms with Crippen LogP contribution in [0, 0.1) is 0 Å². The molecule has 63 heavy (non-hydrogen) atoms. The molecule has 0 aromatic rings. The highest BCUT2D eigenvalue weighted by Crippen LogP contribution is 2.43. The smallest absolute Gasteiger partial charge is 0.462 e. The Balaban J connectivity index is 4.66. The number of phosphoric acid groups is 1. The number of unbranched alkanes of at least 4 members (excludes halogenated alkanes) is 3. The second-order valence-electron chi connectivity index (χ2n) is 15.9. The maximum atomic E-state index is 12.7. The molecule has 354 valence electrons. The molecule has 0 aromatic carbocycles. The van der Waals surface area contributed by atoms with Crippen molar-refractivity contribution in [1.82, 2.24) is 0 Å². The average Bonchev–Trinajstić information content (AvgIpc) is 3.24. The minimum Gasteiger partial charge on any atom is -0.462 e. The van der Waals surface area contributed by atoms with Gasteiger partial charge in [-0.25, -0.2) is 4.57 Å². The number of aliphatic hydroxyl groups is 1. The topological polar surface area (TPSA) is 129 Å². The highest BCUT2D eigenvalue weighted by Gasteiger charge is 2.27. The zero-order valence-corrected chi connectivity index (χ0v) is 40.2. The lowest BCUT2D eigenvalue weighted by atomic mass is 10.1. The fraction of sp³-hybridized carbons (Fsp3) is 0.538. The largest absolute Gasteiger partial charge is 0.472 e. The average molecular weight is 897 g/mol. The molecule has 0 spiro atoms. The van der Waals surface area contributed by atoms with Crippen LogP contribution in [0.15, 0.2) is 134 Å². The highest BCUT2D eigenvalue weighted by molar-refractivity contribution is 7.47. The van der Waals surface area contributed by atoms with Crippen molar-refractivity contribution in [3.8, 4) is 0 Å². The van der Waals surface area contributed by atoms with Gasteiger partial charge in [0.05, 0.1) is 33.9 Å². The number of hydrogen-bond donors (Lipinski definition) is 2. The summed E-state index contributed by atoms with van der Waals surface area (Å²) >= 11 is 0. The van der Waals surface area contributed by atoms with Crippen LogP contribution in [-0.4, -0.2) is 86.1 Å². The van der Waals surface area contributed by atoms with Gasteiger partial charge in [-0.15, -0.1) is 0 Å². The third-order valence-corrected chi connectivity index (χ3v) is 9.78. The zero-order chi connectivity index (χ0) is 46.5. The number of carbonyl (C=O) groups is 2. The van der Waals surface area contributed by atoms with Crippen LogP contribution in [0.2, 0.25) is 0 Å². The van der Waals surface area contributed by atoms with E-state index in [2.05, 4.69) is 123 Å². The molecule has 2 N–H and O–H groups in total. The normalized spacial score (nSPS) is 15.2. The van der Waals surface area contributed by atoms with Gasteiger partial charge in [-0.3, -0.25) is 18.6 Å². The Kier molecular flexibility index (Phi) is 39.5. The molecule has 0 amide bonds. The molecule has 0 radical (unpaired) electrons. The molecule has 0 aliphatic heterocycles. The first-order chi connectivity index (χ1) is 30.4. The third kappa shape index (κ3) is 45.9. The van der Waals surface area contributed by atoms with Gasteiger partial charge in [0, 0.05) is 12.8 Å². The third-order valence-electron chi connectivity index (χ3n) is 8.79. The number of phosphoric ester groups is 1.